The van der Waals surface area contributed by atoms with Crippen LogP contribution in [0.3, 0.4) is 0 Å². The van der Waals surface area contributed by atoms with Crippen molar-refractivity contribution in [1.29, 1.82) is 0 Å². The van der Waals surface area contributed by atoms with Crippen molar-refractivity contribution in [2.75, 3.05) is 13.7 Å². The molecule has 0 amide bonds. The maximum atomic E-state index is 6.49. The molecule has 0 saturated carbocycles. The van der Waals surface area contributed by atoms with E-state index in [1.54, 1.807) is 30.9 Å². The Morgan fingerprint density at radius 3 is 2.52 bits per heavy atom. The van der Waals surface area contributed by atoms with E-state index in [4.69, 9.17) is 44.3 Å². The highest BCUT2D eigenvalue weighted by atomic mass is 35.5. The summed E-state index contributed by atoms with van der Waals surface area (Å²) in [5, 5.41) is 5.29. The molecule has 1 aliphatic carbocycles. The Bertz CT molecular complexity index is 867. The van der Waals surface area contributed by atoms with Crippen molar-refractivity contribution >= 4 is 34.8 Å². The van der Waals surface area contributed by atoms with Gasteiger partial charge < -0.3 is 14.8 Å². The van der Waals surface area contributed by atoms with Crippen LogP contribution in [0, 0.1) is 0 Å². The number of nitrogens with one attached hydrogen (secondary N) is 1. The SMILES string of the molecule is COc1cc(CNCCC2=CCCCC2)c(Cl)cc1OCc1ccc(Cl)cc1Cl. The third-order valence-electron chi connectivity index (χ3n) is 5.05. The minimum absolute atomic E-state index is 0.301. The molecule has 3 nitrogen and oxygen atoms in total. The summed E-state index contributed by atoms with van der Waals surface area (Å²) in [6.45, 7) is 1.93. The van der Waals surface area contributed by atoms with E-state index in [9.17, 15) is 0 Å². The van der Waals surface area contributed by atoms with Crippen LogP contribution in [0.1, 0.15) is 43.2 Å². The van der Waals surface area contributed by atoms with Crippen LogP contribution >= 0.6 is 34.8 Å². The predicted octanol–water partition coefficient (Wildman–Crippen LogP) is 7.21. The fourth-order valence-electron chi connectivity index (χ4n) is 3.38. The highest BCUT2D eigenvalue weighted by Crippen LogP contribution is 2.34. The van der Waals surface area contributed by atoms with E-state index in [1.807, 2.05) is 12.1 Å². The maximum absolute atomic E-state index is 6.49. The van der Waals surface area contributed by atoms with Crippen molar-refractivity contribution in [2.45, 2.75) is 45.3 Å². The molecule has 0 unspecified atom stereocenters. The number of ether oxygens (including phenoxy) is 2. The van der Waals surface area contributed by atoms with Crippen LogP contribution in [0.25, 0.3) is 0 Å². The van der Waals surface area contributed by atoms with Gasteiger partial charge in [0.05, 0.1) is 7.11 Å². The minimum atomic E-state index is 0.301. The Kier molecular flexibility index (Phi) is 8.55. The summed E-state index contributed by atoms with van der Waals surface area (Å²) in [7, 11) is 1.62. The second kappa shape index (κ2) is 11.1. The van der Waals surface area contributed by atoms with Crippen LogP contribution in [0.2, 0.25) is 15.1 Å². The number of allylic oxidation sites excluding steroid dienone is 1. The molecule has 3 rings (SSSR count). The van der Waals surface area contributed by atoms with Crippen molar-refractivity contribution in [3.63, 3.8) is 0 Å². The van der Waals surface area contributed by atoms with Gasteiger partial charge in [-0.15, -0.1) is 0 Å². The lowest BCUT2D eigenvalue weighted by atomic mass is 9.97. The maximum Gasteiger partial charge on any atom is 0.163 e. The van der Waals surface area contributed by atoms with Gasteiger partial charge in [-0.3, -0.25) is 0 Å². The van der Waals surface area contributed by atoms with Gasteiger partial charge in [0.25, 0.3) is 0 Å². The van der Waals surface area contributed by atoms with E-state index >= 15 is 0 Å². The van der Waals surface area contributed by atoms with Crippen LogP contribution in [-0.4, -0.2) is 13.7 Å². The van der Waals surface area contributed by atoms with Gasteiger partial charge in [0.15, 0.2) is 11.5 Å². The molecule has 1 aliphatic rings. The first-order valence-electron chi connectivity index (χ1n) is 9.88. The molecule has 0 saturated heterocycles. The Morgan fingerprint density at radius 1 is 0.966 bits per heavy atom. The van der Waals surface area contributed by atoms with E-state index in [1.165, 1.54) is 25.7 Å². The lowest BCUT2D eigenvalue weighted by molar-refractivity contribution is 0.284. The van der Waals surface area contributed by atoms with Gasteiger partial charge in [0.1, 0.15) is 6.61 Å². The molecule has 0 radical (unpaired) electrons. The summed E-state index contributed by atoms with van der Waals surface area (Å²) in [5.41, 5.74) is 3.40. The van der Waals surface area contributed by atoms with Gasteiger partial charge in [-0.2, -0.15) is 0 Å². The summed E-state index contributed by atoms with van der Waals surface area (Å²) in [6, 6.07) is 9.05. The monoisotopic (exact) mass is 453 g/mol. The van der Waals surface area contributed by atoms with E-state index in [-0.39, 0.29) is 0 Å². The van der Waals surface area contributed by atoms with Gasteiger partial charge in [-0.25, -0.2) is 0 Å². The minimum Gasteiger partial charge on any atom is -0.493 e. The fraction of sp³-hybridized carbons (Fsp3) is 0.391. The molecule has 0 aliphatic heterocycles. The molecule has 2 aromatic carbocycles. The zero-order chi connectivity index (χ0) is 20.6. The van der Waals surface area contributed by atoms with E-state index in [0.717, 1.165) is 24.1 Å². The summed E-state index contributed by atoms with van der Waals surface area (Å²) in [4.78, 5) is 0. The zero-order valence-electron chi connectivity index (χ0n) is 16.6. The normalized spacial score (nSPS) is 13.9. The topological polar surface area (TPSA) is 30.5 Å². The molecule has 6 heteroatoms. The van der Waals surface area contributed by atoms with Crippen molar-refractivity contribution in [1.82, 2.24) is 5.32 Å². The van der Waals surface area contributed by atoms with Gasteiger partial charge in [0.2, 0.25) is 0 Å². The predicted molar refractivity (Wildman–Crippen MR) is 122 cm³/mol. The highest BCUT2D eigenvalue weighted by molar-refractivity contribution is 6.35. The summed E-state index contributed by atoms with van der Waals surface area (Å²) >= 11 is 18.7. The first kappa shape index (κ1) is 22.3. The third kappa shape index (κ3) is 6.55. The van der Waals surface area contributed by atoms with E-state index < -0.39 is 0 Å². The summed E-state index contributed by atoms with van der Waals surface area (Å²) in [5.74, 6) is 1.23. The first-order valence-corrected chi connectivity index (χ1v) is 11.0. The molecule has 0 atom stereocenters. The Hall–Kier alpha value is -1.39. The molecule has 1 N–H and O–H groups in total. The Balaban J connectivity index is 1.58. The molecule has 156 valence electrons. The summed E-state index contributed by atoms with van der Waals surface area (Å²) < 4.78 is 11.4. The Labute approximate surface area is 187 Å². The average molecular weight is 455 g/mol. The molecule has 0 aromatic heterocycles. The standard InChI is InChI=1S/C23H26Cl3NO2/c1-28-22-11-18(14-27-10-9-16-5-3-2-4-6-16)21(26)13-23(22)29-15-17-7-8-19(24)12-20(17)25/h5,7-8,11-13,27H,2-4,6,9-10,14-15H2,1H3. The number of hydrogen-bond donors (Lipinski definition) is 1. The molecule has 2 aromatic rings. The van der Waals surface area contributed by atoms with Gasteiger partial charge in [0, 0.05) is 33.2 Å². The number of methoxy groups -OCH3 is 1. The van der Waals surface area contributed by atoms with E-state index in [0.29, 0.717) is 39.7 Å². The molecule has 29 heavy (non-hydrogen) atoms. The van der Waals surface area contributed by atoms with Crippen LogP contribution < -0.4 is 14.8 Å². The number of benzene rings is 2. The highest BCUT2D eigenvalue weighted by Gasteiger charge is 2.12. The molecular formula is C23H26Cl3NO2. The lowest BCUT2D eigenvalue weighted by Crippen LogP contribution is -2.16. The van der Waals surface area contributed by atoms with Crippen LogP contribution in [0.4, 0.5) is 0 Å². The largest absolute Gasteiger partial charge is 0.493 e. The number of hydrogen-bond acceptors (Lipinski definition) is 3. The van der Waals surface area contributed by atoms with Gasteiger partial charge in [-0.05, 0) is 62.4 Å². The average Bonchev–Trinajstić information content (AvgIpc) is 2.72. The molecule has 0 heterocycles. The zero-order valence-corrected chi connectivity index (χ0v) is 18.8. The van der Waals surface area contributed by atoms with Gasteiger partial charge in [-0.1, -0.05) is 52.5 Å². The van der Waals surface area contributed by atoms with Crippen molar-refractivity contribution in [3.05, 3.63) is 68.2 Å². The summed E-state index contributed by atoms with van der Waals surface area (Å²) in [6.07, 6.45) is 8.58. The van der Waals surface area contributed by atoms with Crippen molar-refractivity contribution in [2.24, 2.45) is 0 Å². The molecule has 0 spiro atoms. The number of halogens is 3. The second-order valence-electron chi connectivity index (χ2n) is 7.15. The smallest absolute Gasteiger partial charge is 0.163 e. The molecular weight excluding hydrogens is 429 g/mol. The molecule has 0 fully saturated rings. The molecule has 0 bridgehead atoms. The first-order chi connectivity index (χ1) is 14.1. The lowest BCUT2D eigenvalue weighted by Gasteiger charge is -2.16. The van der Waals surface area contributed by atoms with Gasteiger partial charge >= 0.3 is 0 Å². The van der Waals surface area contributed by atoms with Crippen molar-refractivity contribution < 1.29 is 9.47 Å². The van der Waals surface area contributed by atoms with E-state index in [2.05, 4.69) is 11.4 Å². The third-order valence-corrected chi connectivity index (χ3v) is 5.99. The van der Waals surface area contributed by atoms with Crippen LogP contribution in [0.15, 0.2) is 42.0 Å². The quantitative estimate of drug-likeness (QED) is 0.320. The van der Waals surface area contributed by atoms with Crippen molar-refractivity contribution in [3.8, 4) is 11.5 Å². The fourth-order valence-corrected chi connectivity index (χ4v) is 4.07. The second-order valence-corrected chi connectivity index (χ2v) is 8.40. The number of rotatable bonds is 9. The van der Waals surface area contributed by atoms with Crippen LogP contribution in [-0.2, 0) is 13.2 Å². The Morgan fingerprint density at radius 2 is 1.79 bits per heavy atom. The van der Waals surface area contributed by atoms with Crippen LogP contribution in [0.5, 0.6) is 11.5 Å².